The fraction of sp³-hybridized carbons (Fsp3) is 0.389. The summed E-state index contributed by atoms with van der Waals surface area (Å²) in [6, 6.07) is 11.2. The summed E-state index contributed by atoms with van der Waals surface area (Å²) in [4.78, 5) is 6.63. The highest BCUT2D eigenvalue weighted by Gasteiger charge is 2.23. The largest absolute Gasteiger partial charge is 0.294 e. The first kappa shape index (κ1) is 15.1. The van der Waals surface area contributed by atoms with Gasteiger partial charge in [-0.3, -0.25) is 9.58 Å². The number of nitrogens with zero attached hydrogens (tertiary/aromatic N) is 6. The predicted molar refractivity (Wildman–Crippen MR) is 91.6 cm³/mol. The molecule has 1 aliphatic heterocycles. The Hall–Kier alpha value is -2.47. The maximum Gasteiger partial charge on any atom is 0.137 e. The van der Waals surface area contributed by atoms with E-state index in [-0.39, 0.29) is 0 Å². The zero-order valence-corrected chi connectivity index (χ0v) is 13.7. The fourth-order valence-electron chi connectivity index (χ4n) is 3.43. The molecule has 0 N–H and O–H groups in total. The number of hydrogen-bond acceptors (Lipinski definition) is 4. The molecule has 6 heteroatoms. The minimum absolute atomic E-state index is 0.534. The maximum absolute atomic E-state index is 4.28. The Morgan fingerprint density at radius 3 is 2.75 bits per heavy atom. The molecule has 6 nitrogen and oxygen atoms in total. The highest BCUT2D eigenvalue weighted by Crippen LogP contribution is 2.21. The number of rotatable bonds is 5. The van der Waals surface area contributed by atoms with E-state index in [0.29, 0.717) is 6.04 Å². The normalized spacial score (nSPS) is 18.8. The van der Waals surface area contributed by atoms with Crippen molar-refractivity contribution in [3.8, 4) is 5.69 Å². The van der Waals surface area contributed by atoms with Gasteiger partial charge in [0.05, 0.1) is 12.2 Å². The van der Waals surface area contributed by atoms with Crippen LogP contribution in [0.5, 0.6) is 0 Å². The lowest BCUT2D eigenvalue weighted by atomic mass is 10.0. The number of aromatic nitrogens is 5. The Balaban J connectivity index is 1.44. The van der Waals surface area contributed by atoms with Crippen molar-refractivity contribution in [3.63, 3.8) is 0 Å². The molecule has 0 spiro atoms. The maximum atomic E-state index is 4.28. The van der Waals surface area contributed by atoms with E-state index in [1.54, 1.807) is 12.5 Å². The van der Waals surface area contributed by atoms with Crippen molar-refractivity contribution in [2.45, 2.75) is 38.4 Å². The van der Waals surface area contributed by atoms with Gasteiger partial charge >= 0.3 is 0 Å². The van der Waals surface area contributed by atoms with E-state index in [0.717, 1.165) is 25.3 Å². The van der Waals surface area contributed by atoms with E-state index in [1.165, 1.54) is 24.8 Å². The summed E-state index contributed by atoms with van der Waals surface area (Å²) in [5.41, 5.74) is 2.44. The van der Waals surface area contributed by atoms with Gasteiger partial charge in [0.2, 0.25) is 0 Å². The van der Waals surface area contributed by atoms with Crippen LogP contribution in [0.2, 0.25) is 0 Å². The van der Waals surface area contributed by atoms with Crippen LogP contribution >= 0.6 is 0 Å². The fourth-order valence-corrected chi connectivity index (χ4v) is 3.43. The van der Waals surface area contributed by atoms with E-state index >= 15 is 0 Å². The van der Waals surface area contributed by atoms with Gasteiger partial charge in [0.15, 0.2) is 0 Å². The quantitative estimate of drug-likeness (QED) is 0.724. The highest BCUT2D eigenvalue weighted by molar-refractivity contribution is 5.33. The topological polar surface area (TPSA) is 51.8 Å². The van der Waals surface area contributed by atoms with Gasteiger partial charge in [-0.1, -0.05) is 18.6 Å². The molecule has 1 saturated heterocycles. The molecule has 1 aromatic carbocycles. The SMILES string of the molecule is c1cnn(-c2ccc(CN3CCCCC3Cn3cncn3)cc2)c1. The van der Waals surface area contributed by atoms with Crippen LogP contribution in [0.1, 0.15) is 24.8 Å². The van der Waals surface area contributed by atoms with Crippen molar-refractivity contribution in [2.75, 3.05) is 6.54 Å². The molecule has 4 rings (SSSR count). The Morgan fingerprint density at radius 1 is 1.08 bits per heavy atom. The third kappa shape index (κ3) is 3.38. The van der Waals surface area contributed by atoms with E-state index in [2.05, 4.69) is 44.3 Å². The molecule has 2 aromatic heterocycles. The van der Waals surface area contributed by atoms with Gasteiger partial charge in [0.25, 0.3) is 0 Å². The van der Waals surface area contributed by atoms with Gasteiger partial charge in [-0.2, -0.15) is 10.2 Å². The molecule has 1 fully saturated rings. The van der Waals surface area contributed by atoms with Gasteiger partial charge in [-0.15, -0.1) is 0 Å². The Labute approximate surface area is 141 Å². The van der Waals surface area contributed by atoms with Crippen LogP contribution in [0, 0.1) is 0 Å². The van der Waals surface area contributed by atoms with Crippen molar-refractivity contribution in [1.82, 2.24) is 29.4 Å². The molecule has 0 aliphatic carbocycles. The first-order valence-corrected chi connectivity index (χ1v) is 8.54. The molecule has 0 radical (unpaired) electrons. The molecule has 0 saturated carbocycles. The van der Waals surface area contributed by atoms with Crippen molar-refractivity contribution in [3.05, 3.63) is 60.9 Å². The summed E-state index contributed by atoms with van der Waals surface area (Å²) in [5.74, 6) is 0. The summed E-state index contributed by atoms with van der Waals surface area (Å²) in [7, 11) is 0. The van der Waals surface area contributed by atoms with Gasteiger partial charge in [0, 0.05) is 25.0 Å². The molecule has 1 unspecified atom stereocenters. The van der Waals surface area contributed by atoms with Crippen LogP contribution < -0.4 is 0 Å². The zero-order valence-electron chi connectivity index (χ0n) is 13.7. The second-order valence-electron chi connectivity index (χ2n) is 6.35. The summed E-state index contributed by atoms with van der Waals surface area (Å²) in [5, 5.41) is 8.54. The van der Waals surface area contributed by atoms with Gasteiger partial charge in [-0.05, 0) is 43.1 Å². The predicted octanol–water partition coefficient (Wildman–Crippen LogP) is 2.52. The van der Waals surface area contributed by atoms with E-state index in [4.69, 9.17) is 0 Å². The molecular weight excluding hydrogens is 300 g/mol. The zero-order chi connectivity index (χ0) is 16.2. The van der Waals surface area contributed by atoms with Crippen LogP contribution in [-0.2, 0) is 13.1 Å². The second kappa shape index (κ2) is 6.97. The van der Waals surface area contributed by atoms with Crippen molar-refractivity contribution >= 4 is 0 Å². The molecule has 3 heterocycles. The lowest BCUT2D eigenvalue weighted by Gasteiger charge is -2.35. The third-order valence-electron chi connectivity index (χ3n) is 4.70. The lowest BCUT2D eigenvalue weighted by molar-refractivity contribution is 0.122. The summed E-state index contributed by atoms with van der Waals surface area (Å²) < 4.78 is 3.84. The van der Waals surface area contributed by atoms with E-state index in [9.17, 15) is 0 Å². The third-order valence-corrected chi connectivity index (χ3v) is 4.70. The van der Waals surface area contributed by atoms with Crippen molar-refractivity contribution in [2.24, 2.45) is 0 Å². The van der Waals surface area contributed by atoms with Crippen LogP contribution in [-0.4, -0.2) is 42.0 Å². The second-order valence-corrected chi connectivity index (χ2v) is 6.35. The number of piperidine rings is 1. The van der Waals surface area contributed by atoms with Crippen LogP contribution in [0.25, 0.3) is 5.69 Å². The number of likely N-dealkylation sites (tertiary alicyclic amines) is 1. The van der Waals surface area contributed by atoms with Gasteiger partial charge < -0.3 is 0 Å². The summed E-state index contributed by atoms with van der Waals surface area (Å²) >= 11 is 0. The molecule has 24 heavy (non-hydrogen) atoms. The van der Waals surface area contributed by atoms with Gasteiger partial charge in [-0.25, -0.2) is 9.67 Å². The molecule has 124 valence electrons. The minimum atomic E-state index is 0.534. The Morgan fingerprint density at radius 2 is 2.00 bits per heavy atom. The first-order valence-electron chi connectivity index (χ1n) is 8.54. The number of benzene rings is 1. The lowest BCUT2D eigenvalue weighted by Crippen LogP contribution is -2.41. The molecular formula is C18H22N6. The molecule has 1 aliphatic rings. The van der Waals surface area contributed by atoms with Crippen molar-refractivity contribution < 1.29 is 0 Å². The number of hydrogen-bond donors (Lipinski definition) is 0. The monoisotopic (exact) mass is 322 g/mol. The smallest absolute Gasteiger partial charge is 0.137 e. The van der Waals surface area contributed by atoms with Crippen LogP contribution in [0.4, 0.5) is 0 Å². The molecule has 0 bridgehead atoms. The Kier molecular flexibility index (Phi) is 4.38. The molecule has 1 atom stereocenters. The van der Waals surface area contributed by atoms with E-state index in [1.807, 2.05) is 28.0 Å². The first-order chi connectivity index (χ1) is 11.9. The average molecular weight is 322 g/mol. The highest BCUT2D eigenvalue weighted by atomic mass is 15.3. The van der Waals surface area contributed by atoms with Crippen molar-refractivity contribution in [1.29, 1.82) is 0 Å². The average Bonchev–Trinajstić information content (AvgIpc) is 3.31. The standard InChI is InChI=1S/C18H22N6/c1-2-10-22(18(4-1)13-23-15-19-14-21-23)12-16-5-7-17(8-6-16)24-11-3-9-20-24/h3,5-9,11,14-15,18H,1-2,4,10,12-13H2. The van der Waals surface area contributed by atoms with Crippen LogP contribution in [0.3, 0.4) is 0 Å². The molecule has 3 aromatic rings. The summed E-state index contributed by atoms with van der Waals surface area (Å²) in [6.45, 7) is 3.06. The molecule has 0 amide bonds. The Bertz CT molecular complexity index is 732. The van der Waals surface area contributed by atoms with E-state index < -0.39 is 0 Å². The minimum Gasteiger partial charge on any atom is -0.294 e. The van der Waals surface area contributed by atoms with Gasteiger partial charge in [0.1, 0.15) is 12.7 Å². The van der Waals surface area contributed by atoms with Crippen LogP contribution in [0.15, 0.2) is 55.4 Å². The summed E-state index contributed by atoms with van der Waals surface area (Å²) in [6.07, 6.45) is 11.0.